The molecule has 2 fully saturated rings. The third-order valence-corrected chi connectivity index (χ3v) is 5.65. The van der Waals surface area contributed by atoms with Crippen LogP contribution in [0.1, 0.15) is 36.3 Å². The Morgan fingerprint density at radius 1 is 1.26 bits per heavy atom. The first-order chi connectivity index (χ1) is 12.7. The van der Waals surface area contributed by atoms with Crippen molar-refractivity contribution in [3.8, 4) is 0 Å². The quantitative estimate of drug-likeness (QED) is 0.765. The molecule has 1 amide bonds. The van der Waals surface area contributed by atoms with Crippen LogP contribution >= 0.6 is 0 Å². The van der Waals surface area contributed by atoms with Crippen molar-refractivity contribution in [1.29, 1.82) is 0 Å². The average Bonchev–Trinajstić information content (AvgIpc) is 3.49. The van der Waals surface area contributed by atoms with Gasteiger partial charge in [-0.25, -0.2) is 4.98 Å². The summed E-state index contributed by atoms with van der Waals surface area (Å²) in [5.41, 5.74) is 2.43. The molecule has 5 nitrogen and oxygen atoms in total. The Labute approximate surface area is 167 Å². The summed E-state index contributed by atoms with van der Waals surface area (Å²) in [6.07, 6.45) is 6.95. The fourth-order valence-corrected chi connectivity index (χ4v) is 3.89. The minimum Gasteiger partial charge on any atom is -1.00 e. The number of aromatic amines is 1. The van der Waals surface area contributed by atoms with E-state index in [1.54, 1.807) is 0 Å². The third kappa shape index (κ3) is 4.78. The lowest BCUT2D eigenvalue weighted by Crippen LogP contribution is -3.00. The summed E-state index contributed by atoms with van der Waals surface area (Å²) in [6, 6.07) is 10.4. The summed E-state index contributed by atoms with van der Waals surface area (Å²) < 4.78 is 0. The fourth-order valence-electron chi connectivity index (χ4n) is 3.89. The average molecular weight is 387 g/mol. The number of carbonyl (C=O) groups excluding carboxylic acids is 1. The summed E-state index contributed by atoms with van der Waals surface area (Å²) in [7, 11) is 0. The molecule has 2 N–H and O–H groups in total. The monoisotopic (exact) mass is 386 g/mol. The lowest BCUT2D eigenvalue weighted by molar-refractivity contribution is -0.365. The van der Waals surface area contributed by atoms with E-state index >= 15 is 0 Å². The summed E-state index contributed by atoms with van der Waals surface area (Å²) in [5.74, 6) is 2.42. The Morgan fingerprint density at radius 3 is 2.67 bits per heavy atom. The van der Waals surface area contributed by atoms with Crippen LogP contribution < -0.4 is 22.7 Å². The Kier molecular flexibility index (Phi) is 6.32. The molecular formula is C21H27ClN4O. The van der Waals surface area contributed by atoms with Gasteiger partial charge in [-0.2, -0.15) is 0 Å². The third-order valence-electron chi connectivity index (χ3n) is 5.65. The SMILES string of the molecule is Cc1cnc(NCC2CCN(C(=O)[C@@H]3C[C@H]3c3ccccc3)CC2)[nH+]c1.[Cl-]. The molecule has 0 unspecified atom stereocenters. The molecule has 1 saturated carbocycles. The Hall–Kier alpha value is -2.14. The number of aryl methyl sites for hydroxylation is 1. The van der Waals surface area contributed by atoms with E-state index in [0.717, 1.165) is 50.4 Å². The van der Waals surface area contributed by atoms with Crippen LogP contribution in [0.15, 0.2) is 42.7 Å². The number of nitrogens with one attached hydrogen (secondary N) is 2. The molecule has 1 saturated heterocycles. The molecule has 27 heavy (non-hydrogen) atoms. The summed E-state index contributed by atoms with van der Waals surface area (Å²) >= 11 is 0. The van der Waals surface area contributed by atoms with E-state index < -0.39 is 0 Å². The van der Waals surface area contributed by atoms with Crippen molar-refractivity contribution in [2.24, 2.45) is 11.8 Å². The smallest absolute Gasteiger partial charge is 0.389 e. The van der Waals surface area contributed by atoms with Gasteiger partial charge in [-0.05, 0) is 43.6 Å². The van der Waals surface area contributed by atoms with E-state index in [1.807, 2.05) is 25.4 Å². The van der Waals surface area contributed by atoms with E-state index in [0.29, 0.717) is 17.7 Å². The van der Waals surface area contributed by atoms with Gasteiger partial charge < -0.3 is 17.3 Å². The van der Waals surface area contributed by atoms with Gasteiger partial charge in [0, 0.05) is 24.6 Å². The highest BCUT2D eigenvalue weighted by Gasteiger charge is 2.46. The first-order valence-corrected chi connectivity index (χ1v) is 9.62. The highest BCUT2D eigenvalue weighted by Crippen LogP contribution is 2.48. The Bertz CT molecular complexity index is 745. The van der Waals surface area contributed by atoms with Crippen molar-refractivity contribution in [3.05, 3.63) is 53.9 Å². The molecule has 0 radical (unpaired) electrons. The van der Waals surface area contributed by atoms with E-state index in [9.17, 15) is 4.79 Å². The van der Waals surface area contributed by atoms with Gasteiger partial charge in [0.2, 0.25) is 5.91 Å². The number of anilines is 1. The number of piperidine rings is 1. The van der Waals surface area contributed by atoms with Crippen LogP contribution in [-0.2, 0) is 4.79 Å². The second kappa shape index (κ2) is 8.70. The lowest BCUT2D eigenvalue weighted by Gasteiger charge is -2.31. The van der Waals surface area contributed by atoms with Gasteiger partial charge in [0.1, 0.15) is 6.20 Å². The van der Waals surface area contributed by atoms with Gasteiger partial charge in [0.25, 0.3) is 0 Å². The number of halogens is 1. The highest BCUT2D eigenvalue weighted by molar-refractivity contribution is 5.83. The van der Waals surface area contributed by atoms with Crippen LogP contribution in [0.5, 0.6) is 0 Å². The largest absolute Gasteiger partial charge is 1.00 e. The van der Waals surface area contributed by atoms with Crippen molar-refractivity contribution in [1.82, 2.24) is 9.88 Å². The number of hydrogen-bond acceptors (Lipinski definition) is 3. The van der Waals surface area contributed by atoms with Gasteiger partial charge >= 0.3 is 5.95 Å². The first kappa shape index (κ1) is 19.6. The molecule has 1 aliphatic carbocycles. The Balaban J connectivity index is 0.00000210. The number of benzene rings is 1. The van der Waals surface area contributed by atoms with E-state index in [4.69, 9.17) is 0 Å². The van der Waals surface area contributed by atoms with Crippen molar-refractivity contribution in [2.45, 2.75) is 32.1 Å². The topological polar surface area (TPSA) is 59.4 Å². The van der Waals surface area contributed by atoms with Crippen LogP contribution in [0.3, 0.4) is 0 Å². The molecule has 0 spiro atoms. The fraction of sp³-hybridized carbons (Fsp3) is 0.476. The van der Waals surface area contributed by atoms with Crippen molar-refractivity contribution in [3.63, 3.8) is 0 Å². The molecular weight excluding hydrogens is 360 g/mol. The highest BCUT2D eigenvalue weighted by atomic mass is 35.5. The predicted octanol–water partition coefficient (Wildman–Crippen LogP) is -0.338. The molecule has 1 aromatic heterocycles. The van der Waals surface area contributed by atoms with Crippen LogP contribution in [0, 0.1) is 18.8 Å². The number of nitrogens with zero attached hydrogens (tertiary/aromatic N) is 2. The zero-order valence-corrected chi connectivity index (χ0v) is 16.5. The van der Waals surface area contributed by atoms with Crippen LogP contribution in [0.2, 0.25) is 0 Å². The van der Waals surface area contributed by atoms with Crippen molar-refractivity contribution >= 4 is 11.9 Å². The molecule has 4 rings (SSSR count). The molecule has 2 heterocycles. The standard InChI is InChI=1S/C21H26N4O.ClH/c1-15-12-22-21(23-13-15)24-14-16-7-9-25(10-8-16)20(26)19-11-18(19)17-5-3-2-4-6-17;/h2-6,12-13,16,18-19H,7-11,14H2,1H3,(H,22,23,24);1H/t18-,19+;/m0./s1. The molecule has 1 aliphatic heterocycles. The molecule has 2 aromatic rings. The van der Waals surface area contributed by atoms with Gasteiger partial charge in [-0.3, -0.25) is 10.1 Å². The maximum absolute atomic E-state index is 12.8. The number of aromatic nitrogens is 2. The van der Waals surface area contributed by atoms with Crippen LogP contribution in [-0.4, -0.2) is 35.4 Å². The van der Waals surface area contributed by atoms with Gasteiger partial charge in [-0.15, -0.1) is 0 Å². The number of hydrogen-bond donors (Lipinski definition) is 1. The van der Waals surface area contributed by atoms with E-state index in [1.165, 1.54) is 5.56 Å². The van der Waals surface area contributed by atoms with Gasteiger partial charge in [0.05, 0.1) is 12.7 Å². The van der Waals surface area contributed by atoms with Crippen LogP contribution in [0.25, 0.3) is 0 Å². The molecule has 6 heteroatoms. The molecule has 0 bridgehead atoms. The zero-order chi connectivity index (χ0) is 17.9. The summed E-state index contributed by atoms with van der Waals surface area (Å²) in [5, 5.41) is 3.38. The number of likely N-dealkylation sites (tertiary alicyclic amines) is 1. The lowest BCUT2D eigenvalue weighted by atomic mass is 9.96. The summed E-state index contributed by atoms with van der Waals surface area (Å²) in [6.45, 7) is 4.69. The van der Waals surface area contributed by atoms with E-state index in [-0.39, 0.29) is 18.3 Å². The number of carbonyl (C=O) groups is 1. The van der Waals surface area contributed by atoms with E-state index in [2.05, 4.69) is 44.5 Å². The van der Waals surface area contributed by atoms with Crippen molar-refractivity contribution in [2.75, 3.05) is 25.0 Å². The maximum Gasteiger partial charge on any atom is 0.389 e. The van der Waals surface area contributed by atoms with Gasteiger partial charge in [0.15, 0.2) is 0 Å². The predicted molar refractivity (Wildman–Crippen MR) is 101 cm³/mol. The van der Waals surface area contributed by atoms with Gasteiger partial charge in [-0.1, -0.05) is 35.3 Å². The van der Waals surface area contributed by atoms with Crippen LogP contribution in [0.4, 0.5) is 5.95 Å². The normalized spacial score (nSPS) is 22.0. The molecule has 1 aromatic carbocycles. The van der Waals surface area contributed by atoms with Crippen molar-refractivity contribution < 1.29 is 22.2 Å². The molecule has 2 atom stereocenters. The number of H-pyrrole nitrogens is 1. The second-order valence-electron chi connectivity index (χ2n) is 7.65. The Morgan fingerprint density at radius 2 is 2.00 bits per heavy atom. The minimum absolute atomic E-state index is 0. The second-order valence-corrected chi connectivity index (χ2v) is 7.65. The summed E-state index contributed by atoms with van der Waals surface area (Å²) in [4.78, 5) is 22.3. The maximum atomic E-state index is 12.8. The zero-order valence-electron chi connectivity index (χ0n) is 15.7. The number of amides is 1. The minimum atomic E-state index is 0. The molecule has 2 aliphatic rings. The first-order valence-electron chi connectivity index (χ1n) is 9.62. The molecule has 144 valence electrons. The number of rotatable bonds is 5.